The van der Waals surface area contributed by atoms with E-state index < -0.39 is 5.60 Å². The number of nitrogens with zero attached hydrogens (tertiary/aromatic N) is 1. The third-order valence-corrected chi connectivity index (χ3v) is 4.35. The van der Waals surface area contributed by atoms with E-state index >= 15 is 0 Å². The molecule has 25 heavy (non-hydrogen) atoms. The number of benzene rings is 1. The van der Waals surface area contributed by atoms with Crippen molar-refractivity contribution < 1.29 is 14.3 Å². The van der Waals surface area contributed by atoms with Crippen molar-refractivity contribution >= 4 is 17.7 Å². The number of amides is 2. The Balaban J connectivity index is 1.84. The zero-order valence-corrected chi connectivity index (χ0v) is 15.7. The van der Waals surface area contributed by atoms with Crippen LogP contribution in [-0.2, 0) is 9.53 Å². The Hall–Kier alpha value is -2.04. The van der Waals surface area contributed by atoms with E-state index in [1.165, 1.54) is 0 Å². The summed E-state index contributed by atoms with van der Waals surface area (Å²) in [5.74, 6) is 0.266. The lowest BCUT2D eigenvalue weighted by atomic mass is 9.88. The second kappa shape index (κ2) is 8.37. The third-order valence-electron chi connectivity index (χ3n) is 4.35. The molecular weight excluding hydrogens is 316 g/mol. The second-order valence-corrected chi connectivity index (χ2v) is 7.93. The Morgan fingerprint density at radius 3 is 2.60 bits per heavy atom. The molecule has 0 bridgehead atoms. The van der Waals surface area contributed by atoms with Crippen LogP contribution in [0.3, 0.4) is 0 Å². The van der Waals surface area contributed by atoms with Crippen LogP contribution in [0, 0.1) is 11.8 Å². The highest BCUT2D eigenvalue weighted by molar-refractivity contribution is 5.92. The molecule has 1 aromatic carbocycles. The molecule has 1 N–H and O–H groups in total. The van der Waals surface area contributed by atoms with Gasteiger partial charge in [0, 0.05) is 24.7 Å². The van der Waals surface area contributed by atoms with E-state index in [9.17, 15) is 9.59 Å². The van der Waals surface area contributed by atoms with Crippen molar-refractivity contribution in [1.82, 2.24) is 4.90 Å². The predicted octanol–water partition coefficient (Wildman–Crippen LogP) is 4.30. The summed E-state index contributed by atoms with van der Waals surface area (Å²) in [6.07, 6.45) is 2.52. The SMILES string of the molecule is CC(CC1CCCN(C(=O)OC(C)(C)C)C1)C(=O)Nc1ccccc1. The Labute approximate surface area is 150 Å². The molecule has 1 aliphatic rings. The van der Waals surface area contributed by atoms with Gasteiger partial charge in [-0.1, -0.05) is 25.1 Å². The van der Waals surface area contributed by atoms with Gasteiger partial charge in [0.05, 0.1) is 0 Å². The fraction of sp³-hybridized carbons (Fsp3) is 0.600. The number of rotatable bonds is 4. The number of hydrogen-bond donors (Lipinski definition) is 1. The fourth-order valence-corrected chi connectivity index (χ4v) is 3.14. The van der Waals surface area contributed by atoms with E-state index in [1.54, 1.807) is 4.90 Å². The van der Waals surface area contributed by atoms with Gasteiger partial charge in [-0.05, 0) is 58.1 Å². The molecule has 2 amide bonds. The van der Waals surface area contributed by atoms with Crippen molar-refractivity contribution in [1.29, 1.82) is 0 Å². The van der Waals surface area contributed by atoms with Crippen molar-refractivity contribution in [2.24, 2.45) is 11.8 Å². The number of nitrogens with one attached hydrogen (secondary N) is 1. The molecule has 0 aromatic heterocycles. The predicted molar refractivity (Wildman–Crippen MR) is 99.4 cm³/mol. The van der Waals surface area contributed by atoms with Gasteiger partial charge < -0.3 is 15.0 Å². The summed E-state index contributed by atoms with van der Waals surface area (Å²) in [6, 6.07) is 9.50. The number of anilines is 1. The zero-order valence-electron chi connectivity index (χ0n) is 15.7. The van der Waals surface area contributed by atoms with Gasteiger partial charge in [0.15, 0.2) is 0 Å². The molecule has 5 nitrogen and oxygen atoms in total. The van der Waals surface area contributed by atoms with Gasteiger partial charge in [-0.25, -0.2) is 4.79 Å². The number of carbonyl (C=O) groups is 2. The highest BCUT2D eigenvalue weighted by atomic mass is 16.6. The maximum atomic E-state index is 12.4. The number of carbonyl (C=O) groups excluding carboxylic acids is 2. The average Bonchev–Trinajstić information content (AvgIpc) is 2.54. The molecule has 0 spiro atoms. The third kappa shape index (κ3) is 6.40. The lowest BCUT2D eigenvalue weighted by Crippen LogP contribution is -2.43. The van der Waals surface area contributed by atoms with E-state index in [4.69, 9.17) is 4.74 Å². The Morgan fingerprint density at radius 1 is 1.28 bits per heavy atom. The van der Waals surface area contributed by atoms with Crippen LogP contribution in [0.4, 0.5) is 10.5 Å². The summed E-state index contributed by atoms with van der Waals surface area (Å²) >= 11 is 0. The molecule has 1 saturated heterocycles. The molecule has 1 heterocycles. The van der Waals surface area contributed by atoms with Crippen LogP contribution in [0.5, 0.6) is 0 Å². The Bertz CT molecular complexity index is 580. The van der Waals surface area contributed by atoms with Gasteiger partial charge in [-0.15, -0.1) is 0 Å². The van der Waals surface area contributed by atoms with Crippen LogP contribution >= 0.6 is 0 Å². The van der Waals surface area contributed by atoms with Crippen LogP contribution in [0.15, 0.2) is 30.3 Å². The van der Waals surface area contributed by atoms with Crippen LogP contribution in [0.25, 0.3) is 0 Å². The van der Waals surface area contributed by atoms with E-state index in [2.05, 4.69) is 5.32 Å². The minimum Gasteiger partial charge on any atom is -0.444 e. The standard InChI is InChI=1S/C20H30N2O3/c1-15(18(23)21-17-10-6-5-7-11-17)13-16-9-8-12-22(14-16)19(24)25-20(2,3)4/h5-7,10-11,15-16H,8-9,12-14H2,1-4H3,(H,21,23). The van der Waals surface area contributed by atoms with Crippen molar-refractivity contribution in [3.63, 3.8) is 0 Å². The fourth-order valence-electron chi connectivity index (χ4n) is 3.14. The first-order valence-corrected chi connectivity index (χ1v) is 9.08. The van der Waals surface area contributed by atoms with Gasteiger partial charge in [-0.3, -0.25) is 4.79 Å². The molecule has 0 saturated carbocycles. The maximum absolute atomic E-state index is 12.4. The normalized spacial score (nSPS) is 19.2. The summed E-state index contributed by atoms with van der Waals surface area (Å²) in [6.45, 7) is 8.98. The lowest BCUT2D eigenvalue weighted by molar-refractivity contribution is -0.120. The van der Waals surface area contributed by atoms with Gasteiger partial charge in [0.1, 0.15) is 5.60 Å². The molecule has 2 atom stereocenters. The van der Waals surface area contributed by atoms with Crippen LogP contribution in [0.1, 0.15) is 47.0 Å². The van der Waals surface area contributed by atoms with Gasteiger partial charge >= 0.3 is 6.09 Å². The number of ether oxygens (including phenoxy) is 1. The van der Waals surface area contributed by atoms with Gasteiger partial charge in [-0.2, -0.15) is 0 Å². The monoisotopic (exact) mass is 346 g/mol. The minimum atomic E-state index is -0.479. The first-order chi connectivity index (χ1) is 11.7. The molecule has 1 fully saturated rings. The molecule has 5 heteroatoms. The first kappa shape index (κ1) is 19.3. The number of hydrogen-bond acceptors (Lipinski definition) is 3. The number of piperidine rings is 1. The molecule has 1 aliphatic heterocycles. The minimum absolute atomic E-state index is 0.0283. The van der Waals surface area contributed by atoms with Gasteiger partial charge in [0.25, 0.3) is 0 Å². The molecule has 2 unspecified atom stereocenters. The van der Waals surface area contributed by atoms with Crippen LogP contribution < -0.4 is 5.32 Å². The maximum Gasteiger partial charge on any atom is 0.410 e. The van der Waals surface area contributed by atoms with Crippen molar-refractivity contribution in [2.75, 3.05) is 18.4 Å². The van der Waals surface area contributed by atoms with E-state index in [1.807, 2.05) is 58.0 Å². The summed E-state index contributed by atoms with van der Waals surface area (Å²) < 4.78 is 5.46. The quantitative estimate of drug-likeness (QED) is 0.884. The van der Waals surface area contributed by atoms with Crippen molar-refractivity contribution in [3.8, 4) is 0 Å². The Kier molecular flexibility index (Phi) is 6.45. The van der Waals surface area contributed by atoms with E-state index in [-0.39, 0.29) is 17.9 Å². The van der Waals surface area contributed by atoms with Crippen LogP contribution in [-0.4, -0.2) is 35.6 Å². The smallest absolute Gasteiger partial charge is 0.410 e. The average molecular weight is 346 g/mol. The van der Waals surface area contributed by atoms with Gasteiger partial charge in [0.2, 0.25) is 5.91 Å². The number of likely N-dealkylation sites (tertiary alicyclic amines) is 1. The summed E-state index contributed by atoms with van der Waals surface area (Å²) in [5, 5.41) is 2.95. The molecule has 138 valence electrons. The van der Waals surface area contributed by atoms with Crippen LogP contribution in [0.2, 0.25) is 0 Å². The lowest BCUT2D eigenvalue weighted by Gasteiger charge is -2.34. The summed E-state index contributed by atoms with van der Waals surface area (Å²) in [5.41, 5.74) is 0.339. The van der Waals surface area contributed by atoms with Crippen molar-refractivity contribution in [3.05, 3.63) is 30.3 Å². The zero-order chi connectivity index (χ0) is 18.4. The van der Waals surface area contributed by atoms with E-state index in [0.29, 0.717) is 12.5 Å². The second-order valence-electron chi connectivity index (χ2n) is 7.93. The number of para-hydroxylation sites is 1. The summed E-state index contributed by atoms with van der Waals surface area (Å²) in [7, 11) is 0. The van der Waals surface area contributed by atoms with Crippen molar-refractivity contribution in [2.45, 2.75) is 52.6 Å². The van der Waals surface area contributed by atoms with E-state index in [0.717, 1.165) is 31.5 Å². The molecule has 1 aromatic rings. The molecule has 0 aliphatic carbocycles. The molecular formula is C20H30N2O3. The topological polar surface area (TPSA) is 58.6 Å². The first-order valence-electron chi connectivity index (χ1n) is 9.08. The molecule has 0 radical (unpaired) electrons. The highest BCUT2D eigenvalue weighted by Crippen LogP contribution is 2.25. The summed E-state index contributed by atoms with van der Waals surface area (Å²) in [4.78, 5) is 26.4. The largest absolute Gasteiger partial charge is 0.444 e. The Morgan fingerprint density at radius 2 is 1.96 bits per heavy atom. The molecule has 2 rings (SSSR count). The highest BCUT2D eigenvalue weighted by Gasteiger charge is 2.29.